The molecule has 0 N–H and O–H groups in total. The Labute approximate surface area is 142 Å². The molecule has 1 unspecified atom stereocenters. The van der Waals surface area contributed by atoms with E-state index in [-0.39, 0.29) is 11.9 Å². The molecule has 0 aliphatic carbocycles. The minimum absolute atomic E-state index is 0.0200. The van der Waals surface area contributed by atoms with Crippen LogP contribution in [-0.2, 0) is 34.3 Å². The smallest absolute Gasteiger partial charge is 0.227 e. The lowest BCUT2D eigenvalue weighted by atomic mass is 10.1. The molecule has 1 aromatic heterocycles. The zero-order chi connectivity index (χ0) is 16.9. The topological polar surface area (TPSA) is 43.7 Å². The third-order valence-electron chi connectivity index (χ3n) is 4.43. The van der Waals surface area contributed by atoms with Crippen LogP contribution in [0, 0.1) is 0 Å². The summed E-state index contributed by atoms with van der Waals surface area (Å²) >= 11 is 0. The maximum absolute atomic E-state index is 12.9. The normalized spacial score (nSPS) is 17.9. The van der Waals surface area contributed by atoms with Crippen LogP contribution in [0.3, 0.4) is 0 Å². The van der Waals surface area contributed by atoms with E-state index >= 15 is 0 Å². The zero-order valence-corrected chi connectivity index (χ0v) is 14.3. The molecule has 5 heteroatoms. The van der Waals surface area contributed by atoms with E-state index in [0.29, 0.717) is 32.8 Å². The van der Waals surface area contributed by atoms with Crippen molar-refractivity contribution < 1.29 is 14.3 Å². The van der Waals surface area contributed by atoms with Gasteiger partial charge in [0.15, 0.2) is 0 Å². The van der Waals surface area contributed by atoms with Crippen molar-refractivity contribution in [2.45, 2.75) is 19.1 Å². The lowest BCUT2D eigenvalue weighted by Crippen LogP contribution is -2.44. The van der Waals surface area contributed by atoms with Crippen molar-refractivity contribution in [2.75, 3.05) is 26.9 Å². The molecule has 128 valence electrons. The fourth-order valence-corrected chi connectivity index (χ4v) is 3.24. The van der Waals surface area contributed by atoms with E-state index < -0.39 is 0 Å². The number of ether oxygens (including phenoxy) is 2. The van der Waals surface area contributed by atoms with Crippen LogP contribution in [0.25, 0.3) is 0 Å². The molecular formula is C19H24N2O3. The van der Waals surface area contributed by atoms with E-state index in [1.54, 1.807) is 7.11 Å². The van der Waals surface area contributed by atoms with Gasteiger partial charge in [-0.25, -0.2) is 0 Å². The molecule has 0 spiro atoms. The first-order valence-electron chi connectivity index (χ1n) is 8.24. The molecule has 1 saturated heterocycles. The van der Waals surface area contributed by atoms with E-state index in [0.717, 1.165) is 16.8 Å². The van der Waals surface area contributed by atoms with Gasteiger partial charge >= 0.3 is 0 Å². The Morgan fingerprint density at radius 2 is 2.12 bits per heavy atom. The number of rotatable bonds is 5. The number of nitrogens with zero attached hydrogens (tertiary/aromatic N) is 2. The largest absolute Gasteiger partial charge is 0.380 e. The first-order chi connectivity index (χ1) is 11.7. The van der Waals surface area contributed by atoms with Crippen LogP contribution < -0.4 is 0 Å². The molecule has 0 bridgehead atoms. The van der Waals surface area contributed by atoms with Gasteiger partial charge in [-0.05, 0) is 23.3 Å². The molecule has 1 fully saturated rings. The van der Waals surface area contributed by atoms with Crippen molar-refractivity contribution in [2.24, 2.45) is 7.05 Å². The molecule has 2 heterocycles. The highest BCUT2D eigenvalue weighted by Gasteiger charge is 2.29. The molecule has 0 saturated carbocycles. The van der Waals surface area contributed by atoms with Gasteiger partial charge in [-0.2, -0.15) is 0 Å². The minimum atomic E-state index is -0.0200. The van der Waals surface area contributed by atoms with Crippen molar-refractivity contribution >= 4 is 5.91 Å². The van der Waals surface area contributed by atoms with E-state index in [2.05, 4.69) is 10.6 Å². The van der Waals surface area contributed by atoms with Gasteiger partial charge in [0, 0.05) is 32.6 Å². The second kappa shape index (κ2) is 7.64. The Kier molecular flexibility index (Phi) is 5.33. The van der Waals surface area contributed by atoms with Crippen molar-refractivity contribution in [3.63, 3.8) is 0 Å². The molecule has 5 nitrogen and oxygen atoms in total. The maximum Gasteiger partial charge on any atom is 0.227 e. The third kappa shape index (κ3) is 3.68. The quantitative estimate of drug-likeness (QED) is 0.846. The Morgan fingerprint density at radius 3 is 2.88 bits per heavy atom. The van der Waals surface area contributed by atoms with Gasteiger partial charge in [0.1, 0.15) is 0 Å². The van der Waals surface area contributed by atoms with Gasteiger partial charge in [-0.3, -0.25) is 4.79 Å². The van der Waals surface area contributed by atoms with E-state index in [4.69, 9.17) is 9.47 Å². The second-order valence-electron chi connectivity index (χ2n) is 6.15. The summed E-state index contributed by atoms with van der Waals surface area (Å²) in [4.78, 5) is 14.8. The van der Waals surface area contributed by atoms with Crippen LogP contribution in [0.2, 0.25) is 0 Å². The number of carbonyl (C=O) groups is 1. The summed E-state index contributed by atoms with van der Waals surface area (Å²) in [5.41, 5.74) is 3.21. The maximum atomic E-state index is 12.9. The number of methoxy groups -OCH3 is 1. The molecule has 1 aromatic carbocycles. The first-order valence-corrected chi connectivity index (χ1v) is 8.24. The predicted molar refractivity (Wildman–Crippen MR) is 91.5 cm³/mol. The van der Waals surface area contributed by atoms with E-state index in [1.165, 1.54) is 0 Å². The number of hydrogen-bond donors (Lipinski definition) is 0. The SMILES string of the molecule is COCc1cccc(CC(=O)N2CCOCC2c2cccn2C)c1. The van der Waals surface area contributed by atoms with Crippen molar-refractivity contribution in [1.29, 1.82) is 0 Å². The number of morpholine rings is 1. The van der Waals surface area contributed by atoms with Gasteiger partial charge in [0.25, 0.3) is 0 Å². The number of benzene rings is 1. The summed E-state index contributed by atoms with van der Waals surface area (Å²) in [5.74, 6) is 0.138. The highest BCUT2D eigenvalue weighted by molar-refractivity contribution is 5.79. The average molecular weight is 328 g/mol. The standard InChI is InChI=1S/C19H24N2O3/c1-20-8-4-7-17(20)18-14-24-10-9-21(18)19(22)12-15-5-3-6-16(11-15)13-23-2/h3-8,11,18H,9-10,12-14H2,1-2H3. The average Bonchev–Trinajstić information content (AvgIpc) is 3.01. The predicted octanol–water partition coefficient (Wildman–Crippen LogP) is 2.31. The monoisotopic (exact) mass is 328 g/mol. The second-order valence-corrected chi connectivity index (χ2v) is 6.15. The van der Waals surface area contributed by atoms with Gasteiger partial charge < -0.3 is 18.9 Å². The minimum Gasteiger partial charge on any atom is -0.380 e. The molecule has 1 atom stereocenters. The van der Waals surface area contributed by atoms with Crippen LogP contribution in [-0.4, -0.2) is 42.2 Å². The van der Waals surface area contributed by atoms with Crippen LogP contribution in [0.1, 0.15) is 22.9 Å². The fraction of sp³-hybridized carbons (Fsp3) is 0.421. The van der Waals surface area contributed by atoms with Gasteiger partial charge in [0.2, 0.25) is 5.91 Å². The highest BCUT2D eigenvalue weighted by atomic mass is 16.5. The fourth-order valence-electron chi connectivity index (χ4n) is 3.24. The number of aromatic nitrogens is 1. The van der Waals surface area contributed by atoms with Gasteiger partial charge in [-0.15, -0.1) is 0 Å². The molecule has 24 heavy (non-hydrogen) atoms. The van der Waals surface area contributed by atoms with E-state index in [1.807, 2.05) is 48.5 Å². The van der Waals surface area contributed by atoms with Crippen LogP contribution in [0.4, 0.5) is 0 Å². The van der Waals surface area contributed by atoms with Gasteiger partial charge in [0.05, 0.1) is 32.3 Å². The summed E-state index contributed by atoms with van der Waals surface area (Å²) in [7, 11) is 3.68. The molecule has 1 aliphatic heterocycles. The van der Waals surface area contributed by atoms with Crippen LogP contribution in [0.15, 0.2) is 42.6 Å². The lowest BCUT2D eigenvalue weighted by molar-refractivity contribution is -0.139. The third-order valence-corrected chi connectivity index (χ3v) is 4.43. The molecule has 1 amide bonds. The first kappa shape index (κ1) is 16.7. The summed E-state index contributed by atoms with van der Waals surface area (Å²) < 4.78 is 12.8. The summed E-state index contributed by atoms with van der Waals surface area (Å²) in [6.07, 6.45) is 2.40. The van der Waals surface area contributed by atoms with E-state index in [9.17, 15) is 4.79 Å². The Hall–Kier alpha value is -2.11. The van der Waals surface area contributed by atoms with Crippen molar-refractivity contribution in [3.05, 3.63) is 59.4 Å². The zero-order valence-electron chi connectivity index (χ0n) is 14.3. The molecule has 3 rings (SSSR count). The highest BCUT2D eigenvalue weighted by Crippen LogP contribution is 2.25. The number of hydrogen-bond acceptors (Lipinski definition) is 3. The summed E-state index contributed by atoms with van der Waals surface area (Å²) in [5, 5.41) is 0. The molecule has 2 aromatic rings. The summed E-state index contributed by atoms with van der Waals surface area (Å²) in [6, 6.07) is 12.1. The number of aryl methyl sites for hydroxylation is 1. The van der Waals surface area contributed by atoms with Crippen LogP contribution >= 0.6 is 0 Å². The van der Waals surface area contributed by atoms with Crippen LogP contribution in [0.5, 0.6) is 0 Å². The Morgan fingerprint density at radius 1 is 1.29 bits per heavy atom. The Bertz CT molecular complexity index is 695. The van der Waals surface area contributed by atoms with Gasteiger partial charge in [-0.1, -0.05) is 24.3 Å². The lowest BCUT2D eigenvalue weighted by Gasteiger charge is -2.36. The number of amides is 1. The van der Waals surface area contributed by atoms with Crippen molar-refractivity contribution in [1.82, 2.24) is 9.47 Å². The number of carbonyl (C=O) groups excluding carboxylic acids is 1. The molecule has 0 radical (unpaired) electrons. The van der Waals surface area contributed by atoms with Crippen molar-refractivity contribution in [3.8, 4) is 0 Å². The molecular weight excluding hydrogens is 304 g/mol. The summed E-state index contributed by atoms with van der Waals surface area (Å²) in [6.45, 7) is 2.34. The molecule has 1 aliphatic rings. The Balaban J connectivity index is 1.75.